The molecule has 3 amide bonds. The van der Waals surface area contributed by atoms with Gasteiger partial charge in [0.1, 0.15) is 41.9 Å². The third-order valence-electron chi connectivity index (χ3n) is 14.6. The summed E-state index contributed by atoms with van der Waals surface area (Å²) in [5, 5.41) is 32.8. The normalized spacial score (nSPS) is 19.1. The zero-order valence-corrected chi connectivity index (χ0v) is 44.9. The number of nitrogens with one attached hydrogen (secondary N) is 3. The van der Waals surface area contributed by atoms with Crippen LogP contribution in [0.4, 0.5) is 10.2 Å². The second kappa shape index (κ2) is 23.1. The average molecular weight is 1060 g/mol. The maximum atomic E-state index is 17.0. The van der Waals surface area contributed by atoms with Crippen LogP contribution in [0.15, 0.2) is 72.2 Å². The number of β-amino-alcohol motifs (C(OH)–C–C–N with tert-alkyl or cyclic N) is 1. The highest BCUT2D eigenvalue weighted by Crippen LogP contribution is 2.43. The number of halogens is 2. The van der Waals surface area contributed by atoms with Gasteiger partial charge in [-0.25, -0.2) is 9.37 Å². The molecule has 3 aliphatic heterocycles. The Hall–Kier alpha value is -6.02. The number of fused-ring (bicyclic) bond motifs is 2. The Morgan fingerprint density at radius 3 is 2.41 bits per heavy atom. The fourth-order valence-corrected chi connectivity index (χ4v) is 11.6. The number of aryl methyl sites for hydroxylation is 1. The first-order chi connectivity index (χ1) is 35.9. The van der Waals surface area contributed by atoms with Crippen molar-refractivity contribution in [2.75, 3.05) is 70.5 Å². The second-order valence-corrected chi connectivity index (χ2v) is 22.6. The van der Waals surface area contributed by atoms with Crippen LogP contribution in [-0.2, 0) is 19.1 Å². The smallest absolute Gasteiger partial charge is 0.319 e. The molecular formula is C56H67ClFN9O7S. The van der Waals surface area contributed by atoms with Gasteiger partial charge in [-0.3, -0.25) is 19.3 Å². The molecule has 0 saturated carbocycles. The fourth-order valence-electron chi connectivity index (χ4n) is 10.5. The Kier molecular flexibility index (Phi) is 16.5. The summed E-state index contributed by atoms with van der Waals surface area (Å²) in [6, 6.07) is 18.1. The molecule has 0 radical (unpaired) electrons. The number of aliphatic hydroxyl groups excluding tert-OH is 1. The number of piperazine rings is 1. The molecule has 0 bridgehead atoms. The lowest BCUT2D eigenvalue weighted by atomic mass is 9.85. The van der Waals surface area contributed by atoms with Crippen LogP contribution in [0.3, 0.4) is 0 Å². The summed E-state index contributed by atoms with van der Waals surface area (Å²) in [5.74, 6) is -1.14. The number of ether oxygens (including phenoxy) is 2. The monoisotopic (exact) mass is 1060 g/mol. The maximum Gasteiger partial charge on any atom is 0.319 e. The maximum absolute atomic E-state index is 17.0. The summed E-state index contributed by atoms with van der Waals surface area (Å²) in [7, 11) is 0. The molecule has 75 heavy (non-hydrogen) atoms. The second-order valence-electron chi connectivity index (χ2n) is 21.3. The number of carbonyl (C=O) groups excluding carboxylic acids is 3. The SMILES string of the molecule is Cc1ncsc1-c1ccc([C@H](C)NC(=O)[C@@H]2C[C@@H](O)CN2C(=O)[C@@H](NC(=O)COCC2CCN(C[C@@H](C)Oc3nc(N4CCNCC4)c4cc(Cl)c(-c5cc(O)cc6ccccc56)c(F)c4n3)CC2)C(C)(C)C)cc1. The number of anilines is 1. The molecule has 2 aromatic heterocycles. The lowest BCUT2D eigenvalue weighted by molar-refractivity contribution is -0.144. The van der Waals surface area contributed by atoms with Gasteiger partial charge in [0.05, 0.1) is 39.9 Å². The van der Waals surface area contributed by atoms with E-state index in [2.05, 4.69) is 35.7 Å². The van der Waals surface area contributed by atoms with Gasteiger partial charge in [-0.15, -0.1) is 11.3 Å². The van der Waals surface area contributed by atoms with Gasteiger partial charge < -0.3 is 45.4 Å². The Morgan fingerprint density at radius 2 is 1.71 bits per heavy atom. The topological polar surface area (TPSA) is 195 Å². The number of aromatic nitrogens is 3. The first-order valence-corrected chi connectivity index (χ1v) is 27.1. The molecule has 5 N–H and O–H groups in total. The molecule has 6 aromatic rings. The van der Waals surface area contributed by atoms with Crippen LogP contribution < -0.4 is 25.6 Å². The van der Waals surface area contributed by atoms with Crippen molar-refractivity contribution in [3.05, 3.63) is 94.3 Å². The van der Waals surface area contributed by atoms with Gasteiger partial charge in [0, 0.05) is 56.6 Å². The van der Waals surface area contributed by atoms with E-state index in [1.807, 2.05) is 95.6 Å². The zero-order valence-electron chi connectivity index (χ0n) is 43.4. The number of rotatable bonds is 16. The number of hydrogen-bond donors (Lipinski definition) is 5. The van der Waals surface area contributed by atoms with Crippen LogP contribution in [0.1, 0.15) is 71.2 Å². The van der Waals surface area contributed by atoms with E-state index in [1.54, 1.807) is 23.5 Å². The summed E-state index contributed by atoms with van der Waals surface area (Å²) in [4.78, 5) is 62.2. The number of likely N-dealkylation sites (tertiary alicyclic amines) is 2. The molecule has 0 spiro atoms. The standard InChI is InChI=1S/C56H67ClFN9O7S/c1-32(74-55-63-49-43(52(64-55)66-21-17-59-18-22-66)26-44(57)47(48(49)58)42-24-39(68)23-38-9-7-8-10-41(38)42)27-65-19-15-35(16-20-65)29-73-30-46(70)62-51(56(4,5)6)54(72)67-28-40(69)25-45(67)53(71)61-33(2)36-11-13-37(14-12-36)50-34(3)60-31-75-50/h7-14,23-24,26,31-33,35,40,45,51,59,68-69H,15-22,25,27-30H2,1-6H3,(H,61,71)(H,62,70)/t32-,33+,40-,45+,51-/m1/s1. The molecular weight excluding hydrogens is 997 g/mol. The van der Waals surface area contributed by atoms with E-state index in [-0.39, 0.29) is 71.4 Å². The van der Waals surface area contributed by atoms with Gasteiger partial charge >= 0.3 is 6.01 Å². The molecule has 5 atom stereocenters. The number of amides is 3. The largest absolute Gasteiger partial charge is 0.508 e. The molecule has 5 heterocycles. The van der Waals surface area contributed by atoms with Crippen LogP contribution >= 0.6 is 22.9 Å². The van der Waals surface area contributed by atoms with Gasteiger partial charge in [0.2, 0.25) is 17.7 Å². The Morgan fingerprint density at radius 1 is 0.973 bits per heavy atom. The van der Waals surface area contributed by atoms with Gasteiger partial charge in [-0.05, 0) is 104 Å². The van der Waals surface area contributed by atoms with Crippen molar-refractivity contribution < 1.29 is 38.5 Å². The van der Waals surface area contributed by atoms with Gasteiger partial charge in [0.15, 0.2) is 5.82 Å². The predicted molar refractivity (Wildman–Crippen MR) is 291 cm³/mol. The molecule has 4 aromatic carbocycles. The zero-order chi connectivity index (χ0) is 53.1. The number of hydrogen-bond acceptors (Lipinski definition) is 14. The van der Waals surface area contributed by atoms with E-state index in [9.17, 15) is 24.6 Å². The van der Waals surface area contributed by atoms with Crippen molar-refractivity contribution in [2.45, 2.75) is 91.1 Å². The highest BCUT2D eigenvalue weighted by atomic mass is 35.5. The molecule has 3 aliphatic rings. The number of piperidine rings is 1. The summed E-state index contributed by atoms with van der Waals surface area (Å²) in [6.45, 7) is 16.3. The Labute approximate surface area is 446 Å². The highest BCUT2D eigenvalue weighted by molar-refractivity contribution is 7.13. The number of nitrogens with zero attached hydrogens (tertiary/aromatic N) is 6. The molecule has 3 saturated heterocycles. The molecule has 0 unspecified atom stereocenters. The number of aliphatic hydroxyl groups is 1. The minimum absolute atomic E-state index is 0.00733. The first kappa shape index (κ1) is 53.8. The van der Waals surface area contributed by atoms with E-state index in [0.717, 1.165) is 71.5 Å². The average Bonchev–Trinajstić information content (AvgIpc) is 4.00. The lowest BCUT2D eigenvalue weighted by Crippen LogP contribution is -2.58. The number of thiazole rings is 1. The van der Waals surface area contributed by atoms with Crippen LogP contribution in [0, 0.1) is 24.1 Å². The number of benzene rings is 4. The third-order valence-corrected chi connectivity index (χ3v) is 15.8. The number of phenols is 1. The van der Waals surface area contributed by atoms with E-state index in [0.29, 0.717) is 43.0 Å². The van der Waals surface area contributed by atoms with E-state index in [1.165, 1.54) is 11.0 Å². The van der Waals surface area contributed by atoms with E-state index >= 15 is 4.39 Å². The fraction of sp³-hybridized carbons (Fsp3) is 0.464. The molecule has 9 rings (SSSR count). The third kappa shape index (κ3) is 12.3. The Balaban J connectivity index is 0.775. The van der Waals surface area contributed by atoms with Gasteiger partial charge in [-0.2, -0.15) is 9.97 Å². The summed E-state index contributed by atoms with van der Waals surface area (Å²) in [5.41, 5.74) is 4.67. The van der Waals surface area contributed by atoms with Crippen LogP contribution in [-0.4, -0.2) is 143 Å². The van der Waals surface area contributed by atoms with Crippen LogP contribution in [0.2, 0.25) is 5.02 Å². The van der Waals surface area contributed by atoms with E-state index < -0.39 is 41.2 Å². The van der Waals surface area contributed by atoms with Gasteiger partial charge in [-0.1, -0.05) is 80.9 Å². The quantitative estimate of drug-likeness (QED) is 0.0635. The highest BCUT2D eigenvalue weighted by Gasteiger charge is 2.45. The Bertz CT molecular complexity index is 3030. The van der Waals surface area contributed by atoms with Crippen molar-refractivity contribution in [2.24, 2.45) is 11.3 Å². The van der Waals surface area contributed by atoms with Crippen molar-refractivity contribution >= 4 is 68.2 Å². The summed E-state index contributed by atoms with van der Waals surface area (Å²) >= 11 is 8.48. The van der Waals surface area contributed by atoms with Crippen molar-refractivity contribution in [3.8, 4) is 33.3 Å². The molecule has 398 valence electrons. The van der Waals surface area contributed by atoms with Crippen molar-refractivity contribution in [1.29, 1.82) is 0 Å². The number of phenolic OH excluding ortho intramolecular Hbond substituents is 1. The summed E-state index contributed by atoms with van der Waals surface area (Å²) in [6.07, 6.45) is 0.499. The molecule has 16 nitrogen and oxygen atoms in total. The van der Waals surface area contributed by atoms with Crippen molar-refractivity contribution in [3.63, 3.8) is 0 Å². The minimum Gasteiger partial charge on any atom is -0.508 e. The van der Waals surface area contributed by atoms with E-state index in [4.69, 9.17) is 26.1 Å². The lowest BCUT2D eigenvalue weighted by Gasteiger charge is -2.35. The number of carbonyl (C=O) groups is 3. The van der Waals surface area contributed by atoms with Crippen LogP contribution in [0.5, 0.6) is 11.8 Å². The first-order valence-electron chi connectivity index (χ1n) is 25.8. The number of aromatic hydroxyl groups is 1. The molecule has 0 aliphatic carbocycles. The molecule has 3 fully saturated rings. The van der Waals surface area contributed by atoms with Gasteiger partial charge in [0.25, 0.3) is 0 Å². The minimum atomic E-state index is -0.976. The van der Waals surface area contributed by atoms with Crippen molar-refractivity contribution in [1.82, 2.24) is 40.7 Å². The predicted octanol–water partition coefficient (Wildman–Crippen LogP) is 7.66. The van der Waals surface area contributed by atoms with Crippen LogP contribution in [0.25, 0.3) is 43.2 Å². The molecule has 19 heteroatoms. The summed E-state index contributed by atoms with van der Waals surface area (Å²) < 4.78 is 29.4.